The first-order valence-electron chi connectivity index (χ1n) is 6.49. The summed E-state index contributed by atoms with van der Waals surface area (Å²) < 4.78 is 0. The fraction of sp³-hybridized carbons (Fsp3) is 0.375. The number of hydrogen-bond donors (Lipinski definition) is 1. The molecule has 0 bridgehead atoms. The summed E-state index contributed by atoms with van der Waals surface area (Å²) in [6.07, 6.45) is 1.12. The normalized spacial score (nSPS) is 17.7. The molecule has 0 saturated carbocycles. The summed E-state index contributed by atoms with van der Waals surface area (Å²) in [4.78, 5) is 2.86. The van der Waals surface area contributed by atoms with Crippen LogP contribution in [0.15, 0.2) is 18.2 Å². The van der Waals surface area contributed by atoms with Crippen molar-refractivity contribution in [3.05, 3.63) is 50.2 Å². The largest absolute Gasteiger partial charge is 0.377 e. The molecule has 1 aliphatic rings. The number of thiophene rings is 1. The van der Waals surface area contributed by atoms with Crippen LogP contribution in [-0.2, 0) is 6.42 Å². The Hall–Kier alpha value is -1.28. The summed E-state index contributed by atoms with van der Waals surface area (Å²) in [6, 6.07) is 7.26. The highest BCUT2D eigenvalue weighted by Crippen LogP contribution is 2.40. The molecule has 1 unspecified atom stereocenters. The molecule has 3 rings (SSSR count). The van der Waals surface area contributed by atoms with Gasteiger partial charge in [0.15, 0.2) is 0 Å². The van der Waals surface area contributed by atoms with Crippen LogP contribution < -0.4 is 5.32 Å². The number of aryl methyl sites for hydroxylation is 4. The molecule has 2 aromatic rings. The zero-order chi connectivity index (χ0) is 12.9. The minimum Gasteiger partial charge on any atom is -0.377 e. The van der Waals surface area contributed by atoms with Crippen LogP contribution in [0.1, 0.15) is 38.0 Å². The van der Waals surface area contributed by atoms with Crippen molar-refractivity contribution in [2.75, 3.05) is 5.32 Å². The van der Waals surface area contributed by atoms with Gasteiger partial charge in [0, 0.05) is 15.4 Å². The third-order valence-corrected chi connectivity index (χ3v) is 4.92. The van der Waals surface area contributed by atoms with Crippen molar-refractivity contribution >= 4 is 17.0 Å². The lowest BCUT2D eigenvalue weighted by Crippen LogP contribution is -2.05. The molecule has 1 N–H and O–H groups in total. The van der Waals surface area contributed by atoms with Crippen molar-refractivity contribution < 1.29 is 0 Å². The van der Waals surface area contributed by atoms with E-state index < -0.39 is 0 Å². The van der Waals surface area contributed by atoms with Crippen LogP contribution in [0.5, 0.6) is 0 Å². The summed E-state index contributed by atoms with van der Waals surface area (Å²) in [5.41, 5.74) is 7.12. The number of nitrogens with one attached hydrogen (secondary N) is 1. The van der Waals surface area contributed by atoms with Crippen molar-refractivity contribution in [2.45, 2.75) is 40.2 Å². The Morgan fingerprint density at radius 3 is 2.44 bits per heavy atom. The molecule has 0 radical (unpaired) electrons. The van der Waals surface area contributed by atoms with E-state index in [1.807, 2.05) is 11.3 Å². The zero-order valence-electron chi connectivity index (χ0n) is 11.4. The molecule has 94 valence electrons. The van der Waals surface area contributed by atoms with Gasteiger partial charge in [0.1, 0.15) is 0 Å². The van der Waals surface area contributed by atoms with Gasteiger partial charge in [-0.1, -0.05) is 12.1 Å². The molecule has 1 atom stereocenters. The van der Waals surface area contributed by atoms with Gasteiger partial charge in [0.05, 0.1) is 6.04 Å². The average Bonchev–Trinajstić information content (AvgIpc) is 2.88. The van der Waals surface area contributed by atoms with Gasteiger partial charge < -0.3 is 5.32 Å². The van der Waals surface area contributed by atoms with Crippen molar-refractivity contribution in [2.24, 2.45) is 0 Å². The average molecular weight is 257 g/mol. The highest BCUT2D eigenvalue weighted by molar-refractivity contribution is 7.12. The molecule has 0 fully saturated rings. The maximum absolute atomic E-state index is 3.72. The second-order valence-corrected chi connectivity index (χ2v) is 6.78. The first-order chi connectivity index (χ1) is 8.56. The Morgan fingerprint density at radius 1 is 1.11 bits per heavy atom. The Kier molecular flexibility index (Phi) is 2.70. The van der Waals surface area contributed by atoms with Gasteiger partial charge in [-0.25, -0.2) is 0 Å². The van der Waals surface area contributed by atoms with E-state index in [0.717, 1.165) is 6.42 Å². The van der Waals surface area contributed by atoms with Crippen molar-refractivity contribution in [1.29, 1.82) is 0 Å². The van der Waals surface area contributed by atoms with E-state index in [2.05, 4.69) is 51.2 Å². The predicted molar refractivity (Wildman–Crippen MR) is 79.8 cm³/mol. The molecule has 0 amide bonds. The summed E-state index contributed by atoms with van der Waals surface area (Å²) in [7, 11) is 0. The van der Waals surface area contributed by atoms with Gasteiger partial charge in [-0.15, -0.1) is 11.3 Å². The van der Waals surface area contributed by atoms with Gasteiger partial charge in [-0.3, -0.25) is 0 Å². The molecule has 0 saturated heterocycles. The fourth-order valence-electron chi connectivity index (χ4n) is 2.95. The predicted octanol–water partition coefficient (Wildman–Crippen LogP) is 4.69. The van der Waals surface area contributed by atoms with E-state index in [9.17, 15) is 0 Å². The molecule has 2 heterocycles. The lowest BCUT2D eigenvalue weighted by molar-refractivity contribution is 0.819. The monoisotopic (exact) mass is 257 g/mol. The molecule has 1 aliphatic heterocycles. The quantitative estimate of drug-likeness (QED) is 0.781. The van der Waals surface area contributed by atoms with E-state index in [1.54, 1.807) is 0 Å². The van der Waals surface area contributed by atoms with Crippen molar-refractivity contribution in [3.63, 3.8) is 0 Å². The summed E-state index contributed by atoms with van der Waals surface area (Å²) in [6.45, 7) is 8.84. The second-order valence-electron chi connectivity index (χ2n) is 5.32. The third kappa shape index (κ3) is 1.76. The number of anilines is 1. The Morgan fingerprint density at radius 2 is 1.83 bits per heavy atom. The Bertz CT molecular complexity index is 579. The minimum atomic E-state index is 0.463. The number of benzene rings is 1. The van der Waals surface area contributed by atoms with Crippen LogP contribution in [0.4, 0.5) is 5.69 Å². The molecule has 1 aromatic carbocycles. The first kappa shape index (κ1) is 11.8. The van der Waals surface area contributed by atoms with Crippen LogP contribution in [0.2, 0.25) is 0 Å². The molecule has 1 aromatic heterocycles. The van der Waals surface area contributed by atoms with Gasteiger partial charge in [0.25, 0.3) is 0 Å². The van der Waals surface area contributed by atoms with Gasteiger partial charge >= 0.3 is 0 Å². The zero-order valence-corrected chi connectivity index (χ0v) is 12.2. The van der Waals surface area contributed by atoms with Crippen LogP contribution in [-0.4, -0.2) is 0 Å². The highest BCUT2D eigenvalue weighted by Gasteiger charge is 2.26. The maximum Gasteiger partial charge on any atom is 0.0566 e. The topological polar surface area (TPSA) is 12.0 Å². The van der Waals surface area contributed by atoms with E-state index >= 15 is 0 Å². The van der Waals surface area contributed by atoms with E-state index in [-0.39, 0.29) is 0 Å². The van der Waals surface area contributed by atoms with Crippen molar-refractivity contribution in [3.8, 4) is 0 Å². The molecule has 0 aliphatic carbocycles. The van der Waals surface area contributed by atoms with Crippen LogP contribution in [0.25, 0.3) is 0 Å². The van der Waals surface area contributed by atoms with Gasteiger partial charge in [-0.2, -0.15) is 0 Å². The minimum absolute atomic E-state index is 0.463. The number of rotatable bonds is 1. The molecular formula is C16H19NS. The van der Waals surface area contributed by atoms with E-state index in [4.69, 9.17) is 0 Å². The molecule has 0 spiro atoms. The molecule has 2 heteroatoms. The van der Waals surface area contributed by atoms with E-state index in [1.165, 1.54) is 37.7 Å². The van der Waals surface area contributed by atoms with Crippen molar-refractivity contribution in [1.82, 2.24) is 0 Å². The van der Waals surface area contributed by atoms with E-state index in [0.29, 0.717) is 6.04 Å². The highest BCUT2D eigenvalue weighted by atomic mass is 32.1. The lowest BCUT2D eigenvalue weighted by atomic mass is 9.99. The van der Waals surface area contributed by atoms with Gasteiger partial charge in [0.2, 0.25) is 0 Å². The number of fused-ring (bicyclic) bond motifs is 1. The summed E-state index contributed by atoms with van der Waals surface area (Å²) >= 11 is 1.90. The SMILES string of the molecule is Cc1cc(C2Cc3c(C)ccc(C)c3N2)c(C)s1. The summed E-state index contributed by atoms with van der Waals surface area (Å²) in [5, 5.41) is 3.72. The fourth-order valence-corrected chi connectivity index (χ4v) is 3.93. The smallest absolute Gasteiger partial charge is 0.0566 e. The molecule has 18 heavy (non-hydrogen) atoms. The molecular weight excluding hydrogens is 238 g/mol. The van der Waals surface area contributed by atoms with Crippen LogP contribution in [0.3, 0.4) is 0 Å². The third-order valence-electron chi connectivity index (χ3n) is 3.94. The van der Waals surface area contributed by atoms with Crippen LogP contribution in [0, 0.1) is 27.7 Å². The van der Waals surface area contributed by atoms with Crippen LogP contribution >= 0.6 is 11.3 Å². The standard InChI is InChI=1S/C16H19NS/c1-9-5-6-10(2)16-13(9)8-15(17-16)14-7-11(3)18-12(14)4/h5-7,15,17H,8H2,1-4H3. The first-order valence-corrected chi connectivity index (χ1v) is 7.30. The Balaban J connectivity index is 2.00. The number of hydrogen-bond acceptors (Lipinski definition) is 2. The summed E-state index contributed by atoms with van der Waals surface area (Å²) in [5.74, 6) is 0. The lowest BCUT2D eigenvalue weighted by Gasteiger charge is -2.11. The Labute approximate surface area is 113 Å². The maximum atomic E-state index is 3.72. The van der Waals surface area contributed by atoms with Gasteiger partial charge in [-0.05, 0) is 62.4 Å². The second kappa shape index (κ2) is 4.13. The molecule has 1 nitrogen and oxygen atoms in total.